The molecule has 0 saturated heterocycles. The van der Waals surface area contributed by atoms with Gasteiger partial charge in [0.05, 0.1) is 12.1 Å². The third kappa shape index (κ3) is 2.77. The highest BCUT2D eigenvalue weighted by Crippen LogP contribution is 2.44. The topological polar surface area (TPSA) is 76.1 Å². The number of benzene rings is 2. The zero-order valence-corrected chi connectivity index (χ0v) is 15.3. The molecule has 0 spiro atoms. The molecule has 1 unspecified atom stereocenters. The fourth-order valence-electron chi connectivity index (χ4n) is 3.69. The summed E-state index contributed by atoms with van der Waals surface area (Å²) in [5.74, 6) is 0.290. The second kappa shape index (κ2) is 6.39. The van der Waals surface area contributed by atoms with Gasteiger partial charge in [-0.15, -0.1) is 0 Å². The van der Waals surface area contributed by atoms with Gasteiger partial charge in [0.1, 0.15) is 13.2 Å². The number of para-hydroxylation sites is 1. The smallest absolute Gasteiger partial charge is 0.264 e. The Kier molecular flexibility index (Phi) is 4.15. The molecule has 0 saturated carbocycles. The fraction of sp³-hybridized carbons (Fsp3) is 0.333. The van der Waals surface area contributed by atoms with Crippen molar-refractivity contribution in [3.63, 3.8) is 0 Å². The number of Topliss-reactive ketones (excluding diaryl/α,β-unsaturated/α-hetero) is 1. The quantitative estimate of drug-likeness (QED) is 0.841. The fourth-order valence-corrected chi connectivity index (χ4v) is 3.69. The molecule has 140 valence electrons. The van der Waals surface area contributed by atoms with E-state index in [1.54, 1.807) is 41.3 Å². The van der Waals surface area contributed by atoms with Crippen LogP contribution in [0, 0.1) is 0 Å². The molecular formula is C21H21NO5. The van der Waals surface area contributed by atoms with Gasteiger partial charge in [0.15, 0.2) is 22.9 Å². The first-order valence-electron chi connectivity index (χ1n) is 9.00. The lowest BCUT2D eigenvalue weighted by atomic mass is 9.88. The average molecular weight is 367 g/mol. The minimum absolute atomic E-state index is 0.128. The number of carbonyl (C=O) groups is 2. The van der Waals surface area contributed by atoms with Crippen LogP contribution in [-0.2, 0) is 10.4 Å². The summed E-state index contributed by atoms with van der Waals surface area (Å²) in [7, 11) is 0. The van der Waals surface area contributed by atoms with Crippen molar-refractivity contribution in [3.8, 4) is 11.5 Å². The van der Waals surface area contributed by atoms with Gasteiger partial charge in [-0.05, 0) is 38.1 Å². The number of hydrogen-bond donors (Lipinski definition) is 1. The van der Waals surface area contributed by atoms with Gasteiger partial charge in [0.25, 0.3) is 5.91 Å². The first-order chi connectivity index (χ1) is 12.9. The molecule has 6 nitrogen and oxygen atoms in total. The van der Waals surface area contributed by atoms with Crippen molar-refractivity contribution in [2.24, 2.45) is 0 Å². The maximum absolute atomic E-state index is 13.0. The van der Waals surface area contributed by atoms with Gasteiger partial charge in [-0.25, -0.2) is 0 Å². The molecule has 2 aliphatic heterocycles. The molecule has 0 bridgehead atoms. The highest BCUT2D eigenvalue weighted by atomic mass is 16.6. The number of hydrogen-bond acceptors (Lipinski definition) is 5. The minimum atomic E-state index is -1.87. The van der Waals surface area contributed by atoms with Gasteiger partial charge >= 0.3 is 0 Å². The van der Waals surface area contributed by atoms with Crippen LogP contribution in [-0.4, -0.2) is 36.1 Å². The zero-order valence-electron chi connectivity index (χ0n) is 15.3. The van der Waals surface area contributed by atoms with Crippen LogP contribution >= 0.6 is 0 Å². The van der Waals surface area contributed by atoms with Gasteiger partial charge in [0, 0.05) is 17.2 Å². The van der Waals surface area contributed by atoms with Crippen LogP contribution in [0.4, 0.5) is 5.69 Å². The van der Waals surface area contributed by atoms with Crippen LogP contribution < -0.4 is 14.4 Å². The van der Waals surface area contributed by atoms with Crippen molar-refractivity contribution in [1.29, 1.82) is 0 Å². The summed E-state index contributed by atoms with van der Waals surface area (Å²) in [6, 6.07) is 11.8. The summed E-state index contributed by atoms with van der Waals surface area (Å²) in [5, 5.41) is 11.2. The van der Waals surface area contributed by atoms with E-state index in [4.69, 9.17) is 9.47 Å². The largest absolute Gasteiger partial charge is 0.486 e. The first-order valence-corrected chi connectivity index (χ1v) is 9.00. The number of carbonyl (C=O) groups excluding carboxylic acids is 2. The molecule has 0 aliphatic carbocycles. The molecular weight excluding hydrogens is 346 g/mol. The number of aliphatic hydroxyl groups is 1. The van der Waals surface area contributed by atoms with E-state index in [0.717, 1.165) is 0 Å². The summed E-state index contributed by atoms with van der Waals surface area (Å²) in [6.45, 7) is 4.65. The van der Waals surface area contributed by atoms with Crippen molar-refractivity contribution in [3.05, 3.63) is 53.6 Å². The number of rotatable bonds is 4. The third-order valence-corrected chi connectivity index (χ3v) is 4.98. The number of ketones is 1. The summed E-state index contributed by atoms with van der Waals surface area (Å²) in [6.07, 6.45) is -0.328. The van der Waals surface area contributed by atoms with Crippen LogP contribution in [0.1, 0.15) is 36.2 Å². The van der Waals surface area contributed by atoms with Gasteiger partial charge in [0.2, 0.25) is 0 Å². The number of anilines is 1. The zero-order chi connectivity index (χ0) is 19.2. The molecule has 0 radical (unpaired) electrons. The number of ether oxygens (including phenoxy) is 2. The Labute approximate surface area is 157 Å². The molecule has 2 heterocycles. The SMILES string of the molecule is CC(C)N1C(=O)C(O)(CC(=O)c2ccc3c(c2)OCCO3)c2ccccc21. The van der Waals surface area contributed by atoms with Gasteiger partial charge in [-0.3, -0.25) is 9.59 Å². The summed E-state index contributed by atoms with van der Waals surface area (Å²) in [5.41, 5.74) is -0.379. The predicted molar refractivity (Wildman–Crippen MR) is 99.3 cm³/mol. The lowest BCUT2D eigenvalue weighted by Gasteiger charge is -2.25. The molecule has 1 amide bonds. The van der Waals surface area contributed by atoms with Crippen molar-refractivity contribution in [2.45, 2.75) is 31.9 Å². The van der Waals surface area contributed by atoms with Gasteiger partial charge in [-0.1, -0.05) is 18.2 Å². The molecule has 2 aromatic rings. The monoisotopic (exact) mass is 367 g/mol. The minimum Gasteiger partial charge on any atom is -0.486 e. The Morgan fingerprint density at radius 1 is 1.15 bits per heavy atom. The third-order valence-electron chi connectivity index (χ3n) is 4.98. The predicted octanol–water partition coefficient (Wildman–Crippen LogP) is 2.67. The summed E-state index contributed by atoms with van der Waals surface area (Å²) < 4.78 is 11.0. The van der Waals surface area contributed by atoms with E-state index in [0.29, 0.717) is 41.5 Å². The van der Waals surface area contributed by atoms with Gasteiger partial charge in [-0.2, -0.15) is 0 Å². The van der Waals surface area contributed by atoms with E-state index in [1.807, 2.05) is 19.9 Å². The van der Waals surface area contributed by atoms with E-state index in [1.165, 1.54) is 0 Å². The normalized spacial score (nSPS) is 20.7. The number of nitrogens with zero attached hydrogens (tertiary/aromatic N) is 1. The van der Waals surface area contributed by atoms with Crippen LogP contribution in [0.15, 0.2) is 42.5 Å². The number of amides is 1. The van der Waals surface area contributed by atoms with Gasteiger partial charge < -0.3 is 19.5 Å². The molecule has 4 rings (SSSR count). The van der Waals surface area contributed by atoms with Crippen LogP contribution in [0.2, 0.25) is 0 Å². The molecule has 0 fully saturated rings. The molecule has 2 aromatic carbocycles. The van der Waals surface area contributed by atoms with Crippen molar-refractivity contribution in [1.82, 2.24) is 0 Å². The Morgan fingerprint density at radius 2 is 1.85 bits per heavy atom. The second-order valence-corrected chi connectivity index (χ2v) is 7.10. The van der Waals surface area contributed by atoms with E-state index >= 15 is 0 Å². The Balaban J connectivity index is 1.67. The molecule has 6 heteroatoms. The van der Waals surface area contributed by atoms with Crippen molar-refractivity contribution < 1.29 is 24.2 Å². The Bertz CT molecular complexity index is 923. The first kappa shape index (κ1) is 17.5. The highest BCUT2D eigenvalue weighted by molar-refractivity contribution is 6.11. The Hall–Kier alpha value is -2.86. The van der Waals surface area contributed by atoms with E-state index in [2.05, 4.69) is 0 Å². The molecule has 2 aliphatic rings. The molecule has 1 atom stereocenters. The second-order valence-electron chi connectivity index (χ2n) is 7.10. The van der Waals surface area contributed by atoms with Crippen LogP contribution in [0.5, 0.6) is 11.5 Å². The maximum atomic E-state index is 13.0. The molecule has 0 aromatic heterocycles. The van der Waals surface area contributed by atoms with Crippen molar-refractivity contribution >= 4 is 17.4 Å². The molecule has 1 N–H and O–H groups in total. The lowest BCUT2D eigenvalue weighted by Crippen LogP contribution is -2.44. The molecule has 27 heavy (non-hydrogen) atoms. The average Bonchev–Trinajstić information content (AvgIpc) is 2.89. The summed E-state index contributed by atoms with van der Waals surface area (Å²) in [4.78, 5) is 27.4. The lowest BCUT2D eigenvalue weighted by molar-refractivity contribution is -0.136. The maximum Gasteiger partial charge on any atom is 0.264 e. The van der Waals surface area contributed by atoms with Crippen molar-refractivity contribution in [2.75, 3.05) is 18.1 Å². The van der Waals surface area contributed by atoms with Crippen LogP contribution in [0.3, 0.4) is 0 Å². The van der Waals surface area contributed by atoms with E-state index < -0.39 is 11.5 Å². The standard InChI is InChI=1S/C21H21NO5/c1-13(2)22-16-6-4-3-5-15(16)21(25,20(22)24)12-17(23)14-7-8-18-19(11-14)27-10-9-26-18/h3-8,11,13,25H,9-10,12H2,1-2H3. The van der Waals surface area contributed by atoms with E-state index in [-0.39, 0.29) is 18.2 Å². The van der Waals surface area contributed by atoms with Crippen LogP contribution in [0.25, 0.3) is 0 Å². The summed E-state index contributed by atoms with van der Waals surface area (Å²) >= 11 is 0. The number of fused-ring (bicyclic) bond motifs is 2. The Morgan fingerprint density at radius 3 is 2.59 bits per heavy atom. The highest BCUT2D eigenvalue weighted by Gasteiger charge is 2.51. The van der Waals surface area contributed by atoms with E-state index in [9.17, 15) is 14.7 Å².